The maximum atomic E-state index is 3.70. The van der Waals surface area contributed by atoms with Crippen LogP contribution in [0.15, 0.2) is 0 Å². The van der Waals surface area contributed by atoms with E-state index in [0.717, 1.165) is 17.9 Å². The average molecular weight is 197 g/mol. The third kappa shape index (κ3) is 4.45. The van der Waals surface area contributed by atoms with Gasteiger partial charge in [-0.25, -0.2) is 0 Å². The Labute approximate surface area is 89.7 Å². The van der Waals surface area contributed by atoms with E-state index in [4.69, 9.17) is 0 Å². The molecule has 0 atom stereocenters. The van der Waals surface area contributed by atoms with Gasteiger partial charge in [0.15, 0.2) is 0 Å². The standard InChI is InChI=1S/C13H27N/c1-4-12-5-7-13(8-6-12)14-10-9-11(2)3/h11-14H,4-10H2,1-3H3. The molecule has 0 aromatic rings. The van der Waals surface area contributed by atoms with Gasteiger partial charge in [-0.05, 0) is 50.5 Å². The SMILES string of the molecule is CCC1CCC(NCCC(C)C)CC1. The molecule has 1 nitrogen and oxygen atoms in total. The quantitative estimate of drug-likeness (QED) is 0.710. The van der Waals surface area contributed by atoms with E-state index in [1.54, 1.807) is 0 Å². The van der Waals surface area contributed by atoms with Crippen molar-refractivity contribution in [1.82, 2.24) is 5.32 Å². The van der Waals surface area contributed by atoms with Crippen molar-refractivity contribution >= 4 is 0 Å². The Morgan fingerprint density at radius 3 is 2.29 bits per heavy atom. The molecule has 1 aliphatic rings. The van der Waals surface area contributed by atoms with Crippen LogP contribution in [0, 0.1) is 11.8 Å². The maximum absolute atomic E-state index is 3.70. The van der Waals surface area contributed by atoms with Gasteiger partial charge in [-0.1, -0.05) is 27.2 Å². The van der Waals surface area contributed by atoms with Gasteiger partial charge in [0.2, 0.25) is 0 Å². The summed E-state index contributed by atoms with van der Waals surface area (Å²) in [4.78, 5) is 0. The van der Waals surface area contributed by atoms with E-state index in [0.29, 0.717) is 0 Å². The molecule has 0 heterocycles. The van der Waals surface area contributed by atoms with Gasteiger partial charge in [0.25, 0.3) is 0 Å². The van der Waals surface area contributed by atoms with Crippen LogP contribution in [-0.4, -0.2) is 12.6 Å². The van der Waals surface area contributed by atoms with Crippen LogP contribution in [0.3, 0.4) is 0 Å². The lowest BCUT2D eigenvalue weighted by molar-refractivity contribution is 0.283. The van der Waals surface area contributed by atoms with Crippen molar-refractivity contribution in [1.29, 1.82) is 0 Å². The first-order chi connectivity index (χ1) is 6.72. The molecule has 1 aliphatic carbocycles. The molecule has 0 spiro atoms. The Hall–Kier alpha value is -0.0400. The van der Waals surface area contributed by atoms with Gasteiger partial charge < -0.3 is 5.32 Å². The molecule has 14 heavy (non-hydrogen) atoms. The summed E-state index contributed by atoms with van der Waals surface area (Å²) in [6.07, 6.45) is 8.45. The van der Waals surface area contributed by atoms with Crippen LogP contribution in [-0.2, 0) is 0 Å². The van der Waals surface area contributed by atoms with Crippen molar-refractivity contribution in [2.24, 2.45) is 11.8 Å². The Bertz CT molecular complexity index is 134. The van der Waals surface area contributed by atoms with Crippen LogP contribution in [0.2, 0.25) is 0 Å². The van der Waals surface area contributed by atoms with Crippen LogP contribution in [0.4, 0.5) is 0 Å². The minimum atomic E-state index is 0.830. The zero-order valence-corrected chi connectivity index (χ0v) is 10.2. The molecule has 0 aliphatic heterocycles. The molecule has 1 rings (SSSR count). The Balaban J connectivity index is 2.04. The molecule has 0 aromatic carbocycles. The number of nitrogens with one attached hydrogen (secondary N) is 1. The summed E-state index contributed by atoms with van der Waals surface area (Å²) in [7, 11) is 0. The molecule has 0 amide bonds. The smallest absolute Gasteiger partial charge is 0.00672 e. The summed E-state index contributed by atoms with van der Waals surface area (Å²) < 4.78 is 0. The summed E-state index contributed by atoms with van der Waals surface area (Å²) in [6.45, 7) is 8.15. The zero-order chi connectivity index (χ0) is 10.4. The molecular weight excluding hydrogens is 170 g/mol. The van der Waals surface area contributed by atoms with E-state index in [2.05, 4.69) is 26.1 Å². The highest BCUT2D eigenvalue weighted by Crippen LogP contribution is 2.26. The van der Waals surface area contributed by atoms with Crippen LogP contribution < -0.4 is 5.32 Å². The van der Waals surface area contributed by atoms with Crippen molar-refractivity contribution in [3.05, 3.63) is 0 Å². The number of hydrogen-bond acceptors (Lipinski definition) is 1. The van der Waals surface area contributed by atoms with E-state index in [1.807, 2.05) is 0 Å². The van der Waals surface area contributed by atoms with Crippen molar-refractivity contribution in [3.63, 3.8) is 0 Å². The largest absolute Gasteiger partial charge is 0.314 e. The van der Waals surface area contributed by atoms with Crippen LogP contribution >= 0.6 is 0 Å². The Kier molecular flexibility index (Phi) is 5.54. The summed E-state index contributed by atoms with van der Waals surface area (Å²) in [5, 5.41) is 3.70. The van der Waals surface area contributed by atoms with Crippen molar-refractivity contribution in [3.8, 4) is 0 Å². The van der Waals surface area contributed by atoms with E-state index in [9.17, 15) is 0 Å². The molecule has 1 N–H and O–H groups in total. The normalized spacial score (nSPS) is 28.3. The number of rotatable bonds is 5. The topological polar surface area (TPSA) is 12.0 Å². The maximum Gasteiger partial charge on any atom is 0.00672 e. The molecule has 0 aromatic heterocycles. The highest BCUT2D eigenvalue weighted by molar-refractivity contribution is 4.76. The third-order valence-corrected chi connectivity index (χ3v) is 3.58. The van der Waals surface area contributed by atoms with Crippen molar-refractivity contribution < 1.29 is 0 Å². The first kappa shape index (κ1) is 12.0. The van der Waals surface area contributed by atoms with Crippen LogP contribution in [0.1, 0.15) is 59.3 Å². The van der Waals surface area contributed by atoms with Crippen LogP contribution in [0.5, 0.6) is 0 Å². The van der Waals surface area contributed by atoms with Gasteiger partial charge in [0.05, 0.1) is 0 Å². The summed E-state index contributed by atoms with van der Waals surface area (Å²) in [5.41, 5.74) is 0. The fourth-order valence-corrected chi connectivity index (χ4v) is 2.35. The van der Waals surface area contributed by atoms with Gasteiger partial charge in [0, 0.05) is 6.04 Å². The summed E-state index contributed by atoms with van der Waals surface area (Å²) in [6, 6.07) is 0.830. The average Bonchev–Trinajstić information content (AvgIpc) is 2.18. The monoisotopic (exact) mass is 197 g/mol. The third-order valence-electron chi connectivity index (χ3n) is 3.58. The van der Waals surface area contributed by atoms with E-state index >= 15 is 0 Å². The first-order valence-corrected chi connectivity index (χ1v) is 6.45. The lowest BCUT2D eigenvalue weighted by Crippen LogP contribution is -2.34. The van der Waals surface area contributed by atoms with E-state index in [1.165, 1.54) is 45.1 Å². The molecule has 84 valence electrons. The lowest BCUT2D eigenvalue weighted by Gasteiger charge is -2.28. The molecule has 0 unspecified atom stereocenters. The van der Waals surface area contributed by atoms with E-state index < -0.39 is 0 Å². The van der Waals surface area contributed by atoms with Gasteiger partial charge >= 0.3 is 0 Å². The zero-order valence-electron chi connectivity index (χ0n) is 10.2. The fraction of sp³-hybridized carbons (Fsp3) is 1.00. The predicted molar refractivity (Wildman–Crippen MR) is 63.5 cm³/mol. The summed E-state index contributed by atoms with van der Waals surface area (Å²) in [5.74, 6) is 1.87. The molecule has 0 saturated heterocycles. The minimum Gasteiger partial charge on any atom is -0.314 e. The lowest BCUT2D eigenvalue weighted by atomic mass is 9.84. The Morgan fingerprint density at radius 2 is 1.79 bits per heavy atom. The minimum absolute atomic E-state index is 0.830. The molecule has 1 fully saturated rings. The van der Waals surface area contributed by atoms with Gasteiger partial charge in [0.1, 0.15) is 0 Å². The van der Waals surface area contributed by atoms with Crippen molar-refractivity contribution in [2.45, 2.75) is 65.3 Å². The fourth-order valence-electron chi connectivity index (χ4n) is 2.35. The molecular formula is C13H27N. The van der Waals surface area contributed by atoms with Gasteiger partial charge in [-0.2, -0.15) is 0 Å². The van der Waals surface area contributed by atoms with Gasteiger partial charge in [-0.15, -0.1) is 0 Å². The second-order valence-corrected chi connectivity index (χ2v) is 5.26. The summed E-state index contributed by atoms with van der Waals surface area (Å²) >= 11 is 0. The molecule has 1 heteroatoms. The van der Waals surface area contributed by atoms with Gasteiger partial charge in [-0.3, -0.25) is 0 Å². The van der Waals surface area contributed by atoms with E-state index in [-0.39, 0.29) is 0 Å². The molecule has 0 radical (unpaired) electrons. The number of hydrogen-bond donors (Lipinski definition) is 1. The predicted octanol–water partition coefficient (Wildman–Crippen LogP) is 3.59. The first-order valence-electron chi connectivity index (χ1n) is 6.45. The second kappa shape index (κ2) is 6.44. The molecule has 0 bridgehead atoms. The Morgan fingerprint density at radius 1 is 1.14 bits per heavy atom. The highest BCUT2D eigenvalue weighted by Gasteiger charge is 2.18. The molecule has 1 saturated carbocycles. The highest BCUT2D eigenvalue weighted by atomic mass is 14.9. The van der Waals surface area contributed by atoms with Crippen molar-refractivity contribution in [2.75, 3.05) is 6.54 Å². The van der Waals surface area contributed by atoms with Crippen LogP contribution in [0.25, 0.3) is 0 Å². The second-order valence-electron chi connectivity index (χ2n) is 5.26.